The number of nitrogens with zero attached hydrogens (tertiary/aromatic N) is 1. The largest absolute Gasteiger partial charge is 0.345 e. The van der Waals surface area contributed by atoms with Gasteiger partial charge in [0, 0.05) is 17.8 Å². The molecule has 0 saturated carbocycles. The first kappa shape index (κ1) is 18.6. The number of anilines is 1. The summed E-state index contributed by atoms with van der Waals surface area (Å²) in [5.74, 6) is -0.871. The monoisotopic (exact) mass is 365 g/mol. The van der Waals surface area contributed by atoms with Crippen molar-refractivity contribution in [3.63, 3.8) is 0 Å². The third-order valence-corrected chi connectivity index (χ3v) is 4.60. The van der Waals surface area contributed by atoms with Crippen LogP contribution < -0.4 is 15.5 Å². The highest BCUT2D eigenvalue weighted by Gasteiger charge is 2.23. The number of hydrogen-bond donors (Lipinski definition) is 2. The van der Waals surface area contributed by atoms with Crippen LogP contribution in [-0.4, -0.2) is 36.9 Å². The van der Waals surface area contributed by atoms with Crippen molar-refractivity contribution in [3.8, 4) is 0 Å². The molecule has 140 valence electrons. The summed E-state index contributed by atoms with van der Waals surface area (Å²) in [6, 6.07) is 15.8. The molecule has 1 aliphatic heterocycles. The number of amides is 3. The molecule has 0 radical (unpaired) electrons. The van der Waals surface area contributed by atoms with Crippen LogP contribution in [0.1, 0.15) is 29.3 Å². The number of fused-ring (bicyclic) bond motifs is 1. The summed E-state index contributed by atoms with van der Waals surface area (Å²) in [5.41, 5.74) is 2.54. The molecule has 0 saturated heterocycles. The summed E-state index contributed by atoms with van der Waals surface area (Å²) in [4.78, 5) is 38.6. The molecule has 27 heavy (non-hydrogen) atoms. The number of aryl methyl sites for hydroxylation is 1. The predicted molar refractivity (Wildman–Crippen MR) is 103 cm³/mol. The van der Waals surface area contributed by atoms with E-state index in [4.69, 9.17) is 0 Å². The van der Waals surface area contributed by atoms with E-state index in [1.807, 2.05) is 30.3 Å². The Labute approximate surface area is 158 Å². The molecular formula is C21H23N3O3. The topological polar surface area (TPSA) is 78.5 Å². The van der Waals surface area contributed by atoms with E-state index >= 15 is 0 Å². The lowest BCUT2D eigenvalue weighted by molar-refractivity contribution is -0.126. The fourth-order valence-electron chi connectivity index (χ4n) is 3.14. The van der Waals surface area contributed by atoms with E-state index in [2.05, 4.69) is 10.6 Å². The lowest BCUT2D eigenvalue weighted by Crippen LogP contribution is -2.48. The van der Waals surface area contributed by atoms with Crippen molar-refractivity contribution in [3.05, 3.63) is 65.7 Å². The molecule has 0 spiro atoms. The van der Waals surface area contributed by atoms with Crippen molar-refractivity contribution in [2.75, 3.05) is 18.0 Å². The quantitative estimate of drug-likeness (QED) is 0.849. The van der Waals surface area contributed by atoms with Gasteiger partial charge in [0.2, 0.25) is 11.8 Å². The molecule has 0 bridgehead atoms. The zero-order chi connectivity index (χ0) is 19.2. The van der Waals surface area contributed by atoms with Crippen molar-refractivity contribution < 1.29 is 14.4 Å². The van der Waals surface area contributed by atoms with E-state index in [-0.39, 0.29) is 18.4 Å². The average molecular weight is 365 g/mol. The maximum Gasteiger partial charge on any atom is 0.251 e. The first-order valence-corrected chi connectivity index (χ1v) is 9.08. The van der Waals surface area contributed by atoms with Crippen LogP contribution in [0.4, 0.5) is 5.69 Å². The van der Waals surface area contributed by atoms with Crippen molar-refractivity contribution in [2.45, 2.75) is 25.8 Å². The van der Waals surface area contributed by atoms with E-state index in [0.29, 0.717) is 12.1 Å². The average Bonchev–Trinajstić information content (AvgIpc) is 2.71. The number of nitrogens with one attached hydrogen (secondary N) is 2. The second-order valence-corrected chi connectivity index (χ2v) is 6.56. The minimum absolute atomic E-state index is 0.0985. The summed E-state index contributed by atoms with van der Waals surface area (Å²) in [6.45, 7) is 2.14. The molecule has 0 aromatic heterocycles. The van der Waals surface area contributed by atoms with Crippen molar-refractivity contribution in [1.29, 1.82) is 0 Å². The number of hydrogen-bond acceptors (Lipinski definition) is 3. The number of rotatable bonds is 5. The van der Waals surface area contributed by atoms with Gasteiger partial charge in [-0.15, -0.1) is 0 Å². The van der Waals surface area contributed by atoms with Gasteiger partial charge in [0.1, 0.15) is 6.04 Å². The smallest absolute Gasteiger partial charge is 0.251 e. The minimum Gasteiger partial charge on any atom is -0.345 e. The Balaban J connectivity index is 1.53. The van der Waals surface area contributed by atoms with Crippen LogP contribution in [0.25, 0.3) is 0 Å². The Hall–Kier alpha value is -3.15. The number of carbonyl (C=O) groups is 3. The van der Waals surface area contributed by atoms with E-state index in [0.717, 1.165) is 24.1 Å². The van der Waals surface area contributed by atoms with Crippen LogP contribution in [-0.2, 0) is 16.0 Å². The molecule has 3 rings (SSSR count). The molecule has 2 aromatic carbocycles. The molecule has 2 aromatic rings. The molecule has 0 unspecified atom stereocenters. The second kappa shape index (κ2) is 8.49. The molecule has 0 fully saturated rings. The zero-order valence-electron chi connectivity index (χ0n) is 15.3. The number of benzene rings is 2. The van der Waals surface area contributed by atoms with Gasteiger partial charge in [-0.2, -0.15) is 0 Å². The highest BCUT2D eigenvalue weighted by Crippen LogP contribution is 2.26. The lowest BCUT2D eigenvalue weighted by atomic mass is 10.0. The molecule has 3 amide bonds. The van der Waals surface area contributed by atoms with E-state index in [9.17, 15) is 14.4 Å². The van der Waals surface area contributed by atoms with Crippen LogP contribution in [0.15, 0.2) is 54.6 Å². The molecule has 1 atom stereocenters. The molecule has 2 N–H and O–H groups in total. The Morgan fingerprint density at radius 2 is 1.74 bits per heavy atom. The van der Waals surface area contributed by atoms with Gasteiger partial charge < -0.3 is 15.5 Å². The van der Waals surface area contributed by atoms with Crippen molar-refractivity contribution >= 4 is 23.4 Å². The molecule has 6 nitrogen and oxygen atoms in total. The second-order valence-electron chi connectivity index (χ2n) is 6.56. The Morgan fingerprint density at radius 3 is 2.52 bits per heavy atom. The Kier molecular flexibility index (Phi) is 5.86. The predicted octanol–water partition coefficient (Wildman–Crippen LogP) is 1.90. The van der Waals surface area contributed by atoms with E-state index in [1.165, 1.54) is 0 Å². The molecule has 6 heteroatoms. The maximum atomic E-state index is 12.6. The van der Waals surface area contributed by atoms with Crippen molar-refractivity contribution in [1.82, 2.24) is 10.6 Å². The summed E-state index contributed by atoms with van der Waals surface area (Å²) < 4.78 is 0. The molecular weight excluding hydrogens is 342 g/mol. The van der Waals surface area contributed by atoms with E-state index < -0.39 is 11.9 Å². The van der Waals surface area contributed by atoms with E-state index in [1.54, 1.807) is 36.1 Å². The highest BCUT2D eigenvalue weighted by atomic mass is 16.2. The third kappa shape index (κ3) is 4.53. The highest BCUT2D eigenvalue weighted by molar-refractivity contribution is 6.00. The summed E-state index contributed by atoms with van der Waals surface area (Å²) >= 11 is 0. The van der Waals surface area contributed by atoms with Crippen molar-refractivity contribution in [2.24, 2.45) is 0 Å². The fraction of sp³-hybridized carbons (Fsp3) is 0.286. The normalized spacial score (nSPS) is 14.0. The Morgan fingerprint density at radius 1 is 1.04 bits per heavy atom. The maximum absolute atomic E-state index is 12.6. The Bertz CT molecular complexity index is 836. The summed E-state index contributed by atoms with van der Waals surface area (Å²) in [7, 11) is 0. The van der Waals surface area contributed by atoms with Crippen LogP contribution >= 0.6 is 0 Å². The van der Waals surface area contributed by atoms with Gasteiger partial charge in [0.15, 0.2) is 0 Å². The van der Waals surface area contributed by atoms with Gasteiger partial charge in [-0.25, -0.2) is 0 Å². The molecule has 1 aliphatic rings. The van der Waals surface area contributed by atoms with Gasteiger partial charge in [0.05, 0.1) is 6.54 Å². The minimum atomic E-state index is -0.737. The number of para-hydroxylation sites is 1. The lowest BCUT2D eigenvalue weighted by Gasteiger charge is -2.29. The van der Waals surface area contributed by atoms with Gasteiger partial charge in [-0.05, 0) is 43.5 Å². The van der Waals surface area contributed by atoms with Crippen LogP contribution in [0.5, 0.6) is 0 Å². The first-order valence-electron chi connectivity index (χ1n) is 9.08. The van der Waals surface area contributed by atoms with Gasteiger partial charge >= 0.3 is 0 Å². The zero-order valence-corrected chi connectivity index (χ0v) is 15.3. The molecule has 1 heterocycles. The third-order valence-electron chi connectivity index (χ3n) is 4.60. The van der Waals surface area contributed by atoms with Crippen LogP contribution in [0, 0.1) is 0 Å². The molecule has 0 aliphatic carbocycles. The number of carbonyl (C=O) groups excluding carboxylic acids is 3. The standard InChI is InChI=1S/C21H23N3O3/c1-15(23-21(27)17-9-3-2-4-10-17)20(26)22-14-19(25)24-13-7-11-16-8-5-6-12-18(16)24/h2-6,8-10,12,15H,7,11,13-14H2,1H3,(H,22,26)(H,23,27)/t15-/m1/s1. The van der Waals surface area contributed by atoms with Crippen LogP contribution in [0.3, 0.4) is 0 Å². The van der Waals surface area contributed by atoms with Gasteiger partial charge in [0.25, 0.3) is 5.91 Å². The summed E-state index contributed by atoms with van der Waals surface area (Å²) in [5, 5.41) is 5.26. The SMILES string of the molecule is C[C@@H](NC(=O)c1ccccc1)C(=O)NCC(=O)N1CCCc2ccccc21. The van der Waals surface area contributed by atoms with Gasteiger partial charge in [-0.3, -0.25) is 14.4 Å². The van der Waals surface area contributed by atoms with Gasteiger partial charge in [-0.1, -0.05) is 36.4 Å². The van der Waals surface area contributed by atoms with Crippen LogP contribution in [0.2, 0.25) is 0 Å². The summed E-state index contributed by atoms with van der Waals surface area (Å²) in [6.07, 6.45) is 1.86. The first-order chi connectivity index (χ1) is 13.1. The fourth-order valence-corrected chi connectivity index (χ4v) is 3.14.